The van der Waals surface area contributed by atoms with E-state index in [0.29, 0.717) is 17.3 Å². The zero-order valence-corrected chi connectivity index (χ0v) is 18.7. The van der Waals surface area contributed by atoms with Gasteiger partial charge in [0, 0.05) is 22.0 Å². The molecule has 0 fully saturated rings. The van der Waals surface area contributed by atoms with Crippen molar-refractivity contribution in [3.8, 4) is 17.1 Å². The van der Waals surface area contributed by atoms with Crippen molar-refractivity contribution in [2.45, 2.75) is 18.2 Å². The number of aryl methyl sites for hydroxylation is 1. The van der Waals surface area contributed by atoms with E-state index >= 15 is 0 Å². The Balaban J connectivity index is 1.46. The molecular weight excluding hydrogens is 444 g/mol. The summed E-state index contributed by atoms with van der Waals surface area (Å²) in [6.07, 6.45) is 0.548. The summed E-state index contributed by atoms with van der Waals surface area (Å²) in [4.78, 5) is 6.61. The number of fused-ring (bicyclic) bond motifs is 1. The fourth-order valence-corrected chi connectivity index (χ4v) is 5.19. The highest BCUT2D eigenvalue weighted by molar-refractivity contribution is 7.89. The van der Waals surface area contributed by atoms with Crippen LogP contribution in [0.15, 0.2) is 53.4 Å². The minimum atomic E-state index is -3.58. The van der Waals surface area contributed by atoms with Crippen molar-refractivity contribution in [1.29, 1.82) is 0 Å². The first kappa shape index (κ1) is 20.8. The quantitative estimate of drug-likeness (QED) is 0.449. The van der Waals surface area contributed by atoms with Gasteiger partial charge in [-0.05, 0) is 61.9 Å². The third-order valence-corrected chi connectivity index (χ3v) is 7.55. The van der Waals surface area contributed by atoms with Crippen LogP contribution < -0.4 is 9.46 Å². The Morgan fingerprint density at radius 3 is 2.47 bits per heavy atom. The van der Waals surface area contributed by atoms with E-state index in [4.69, 9.17) is 16.3 Å². The Morgan fingerprint density at radius 2 is 1.83 bits per heavy atom. The molecule has 0 aliphatic carbocycles. The third kappa shape index (κ3) is 4.20. The Kier molecular flexibility index (Phi) is 5.79. The summed E-state index contributed by atoms with van der Waals surface area (Å²) >= 11 is 7.33. The molecule has 2 aromatic carbocycles. The van der Waals surface area contributed by atoms with E-state index < -0.39 is 10.0 Å². The van der Waals surface area contributed by atoms with E-state index in [1.807, 2.05) is 31.2 Å². The van der Waals surface area contributed by atoms with Gasteiger partial charge in [0.05, 0.1) is 17.7 Å². The van der Waals surface area contributed by atoms with E-state index in [1.54, 1.807) is 23.8 Å². The SMILES string of the molecule is COc1ccc(-c2nc3sc(CCNS(=O)(=O)c4ccc(Cl)cc4)c(C)n3n2)cc1. The molecule has 0 saturated carbocycles. The van der Waals surface area contributed by atoms with Gasteiger partial charge in [0.2, 0.25) is 15.0 Å². The largest absolute Gasteiger partial charge is 0.497 e. The van der Waals surface area contributed by atoms with Crippen molar-refractivity contribution in [3.05, 3.63) is 64.1 Å². The number of sulfonamides is 1. The first-order valence-corrected chi connectivity index (χ1v) is 11.8. The molecule has 0 spiro atoms. The monoisotopic (exact) mass is 462 g/mol. The Hall–Kier alpha value is -2.46. The maximum Gasteiger partial charge on any atom is 0.240 e. The number of thiazole rings is 1. The fraction of sp³-hybridized carbons (Fsp3) is 0.200. The molecule has 4 aromatic rings. The number of nitrogens with one attached hydrogen (secondary N) is 1. The maximum atomic E-state index is 12.4. The molecule has 10 heteroatoms. The van der Waals surface area contributed by atoms with Crippen LogP contribution in [0.25, 0.3) is 16.3 Å². The van der Waals surface area contributed by atoms with Gasteiger partial charge in [-0.3, -0.25) is 0 Å². The summed E-state index contributed by atoms with van der Waals surface area (Å²) < 4.78 is 34.4. The number of hydrogen-bond acceptors (Lipinski definition) is 6. The van der Waals surface area contributed by atoms with Crippen LogP contribution in [0.2, 0.25) is 5.02 Å². The van der Waals surface area contributed by atoms with E-state index in [2.05, 4.69) is 14.8 Å². The van der Waals surface area contributed by atoms with E-state index in [1.165, 1.54) is 23.5 Å². The van der Waals surface area contributed by atoms with Crippen molar-refractivity contribution < 1.29 is 13.2 Å². The summed E-state index contributed by atoms with van der Waals surface area (Å²) in [5.41, 5.74) is 1.86. The van der Waals surface area contributed by atoms with Gasteiger partial charge in [-0.15, -0.1) is 5.10 Å². The second-order valence-electron chi connectivity index (χ2n) is 6.57. The van der Waals surface area contributed by atoms with E-state index in [0.717, 1.165) is 26.8 Å². The number of halogens is 1. The predicted molar refractivity (Wildman–Crippen MR) is 118 cm³/mol. The molecule has 7 nitrogen and oxygen atoms in total. The van der Waals surface area contributed by atoms with Crippen LogP contribution >= 0.6 is 22.9 Å². The molecular formula is C20H19ClN4O3S2. The summed E-state index contributed by atoms with van der Waals surface area (Å²) in [5, 5.41) is 5.09. The molecule has 0 aliphatic heterocycles. The second kappa shape index (κ2) is 8.35. The number of ether oxygens (including phenoxy) is 1. The summed E-state index contributed by atoms with van der Waals surface area (Å²) in [6, 6.07) is 13.7. The standard InChI is InChI=1S/C20H19ClN4O3S2/c1-13-18(11-12-22-30(26,27)17-9-5-15(21)6-10-17)29-20-23-19(24-25(13)20)14-3-7-16(28-2)8-4-14/h3-10,22H,11-12H2,1-2H3. The average Bonchev–Trinajstić information content (AvgIpc) is 3.28. The topological polar surface area (TPSA) is 85.6 Å². The van der Waals surface area contributed by atoms with Crippen LogP contribution in [0.4, 0.5) is 0 Å². The number of methoxy groups -OCH3 is 1. The molecule has 0 saturated heterocycles. The van der Waals surface area contributed by atoms with Crippen LogP contribution in [0.1, 0.15) is 10.6 Å². The average molecular weight is 463 g/mol. The number of hydrogen-bond donors (Lipinski definition) is 1. The molecule has 0 unspecified atom stereocenters. The number of rotatable bonds is 7. The lowest BCUT2D eigenvalue weighted by atomic mass is 10.2. The molecule has 0 radical (unpaired) electrons. The highest BCUT2D eigenvalue weighted by Crippen LogP contribution is 2.26. The van der Waals surface area contributed by atoms with Crippen molar-refractivity contribution in [2.24, 2.45) is 0 Å². The van der Waals surface area contributed by atoms with Gasteiger partial charge in [-0.1, -0.05) is 22.9 Å². The van der Waals surface area contributed by atoms with Crippen LogP contribution in [0.5, 0.6) is 5.75 Å². The summed E-state index contributed by atoms with van der Waals surface area (Å²) in [5.74, 6) is 1.42. The lowest BCUT2D eigenvalue weighted by Gasteiger charge is -2.06. The lowest BCUT2D eigenvalue weighted by Crippen LogP contribution is -2.25. The Bertz CT molecular complexity index is 1280. The number of benzene rings is 2. The number of nitrogens with zero attached hydrogens (tertiary/aromatic N) is 3. The zero-order valence-electron chi connectivity index (χ0n) is 16.3. The van der Waals surface area contributed by atoms with Crippen LogP contribution in [-0.2, 0) is 16.4 Å². The Morgan fingerprint density at radius 1 is 1.13 bits per heavy atom. The molecule has 1 N–H and O–H groups in total. The van der Waals surface area contributed by atoms with Gasteiger partial charge in [0.15, 0.2) is 5.82 Å². The van der Waals surface area contributed by atoms with Gasteiger partial charge < -0.3 is 4.74 Å². The molecule has 0 bridgehead atoms. The predicted octanol–water partition coefficient (Wildman–Crippen LogP) is 3.95. The highest BCUT2D eigenvalue weighted by Gasteiger charge is 2.17. The van der Waals surface area contributed by atoms with Gasteiger partial charge in [-0.25, -0.2) is 17.7 Å². The van der Waals surface area contributed by atoms with Crippen LogP contribution in [0.3, 0.4) is 0 Å². The maximum absolute atomic E-state index is 12.4. The van der Waals surface area contributed by atoms with Gasteiger partial charge in [-0.2, -0.15) is 4.98 Å². The third-order valence-electron chi connectivity index (χ3n) is 4.63. The number of aromatic nitrogens is 3. The zero-order chi connectivity index (χ0) is 21.3. The molecule has 30 heavy (non-hydrogen) atoms. The van der Waals surface area contributed by atoms with Crippen molar-refractivity contribution in [2.75, 3.05) is 13.7 Å². The second-order valence-corrected chi connectivity index (χ2v) is 9.84. The van der Waals surface area contributed by atoms with Crippen molar-refractivity contribution in [1.82, 2.24) is 19.3 Å². The fourth-order valence-electron chi connectivity index (χ4n) is 2.97. The summed E-state index contributed by atoms with van der Waals surface area (Å²) in [7, 11) is -1.95. The van der Waals surface area contributed by atoms with E-state index in [9.17, 15) is 8.42 Å². The first-order chi connectivity index (χ1) is 14.4. The molecule has 0 aliphatic rings. The lowest BCUT2D eigenvalue weighted by molar-refractivity contribution is 0.415. The van der Waals surface area contributed by atoms with Gasteiger partial charge in [0.1, 0.15) is 5.75 Å². The van der Waals surface area contributed by atoms with E-state index in [-0.39, 0.29) is 11.4 Å². The molecule has 4 rings (SSSR count). The molecule has 2 aromatic heterocycles. The smallest absolute Gasteiger partial charge is 0.240 e. The highest BCUT2D eigenvalue weighted by atomic mass is 35.5. The van der Waals surface area contributed by atoms with Gasteiger partial charge in [0.25, 0.3) is 0 Å². The minimum Gasteiger partial charge on any atom is -0.497 e. The molecule has 156 valence electrons. The summed E-state index contributed by atoms with van der Waals surface area (Å²) in [6.45, 7) is 2.24. The molecule has 2 heterocycles. The van der Waals surface area contributed by atoms with Crippen molar-refractivity contribution in [3.63, 3.8) is 0 Å². The molecule has 0 amide bonds. The van der Waals surface area contributed by atoms with Crippen molar-refractivity contribution >= 4 is 37.9 Å². The van der Waals surface area contributed by atoms with Crippen LogP contribution in [-0.4, -0.2) is 36.7 Å². The van der Waals surface area contributed by atoms with Gasteiger partial charge >= 0.3 is 0 Å². The minimum absolute atomic E-state index is 0.190. The first-order valence-electron chi connectivity index (χ1n) is 9.12. The normalized spacial score (nSPS) is 11.8. The Labute approximate surface area is 183 Å². The van der Waals surface area contributed by atoms with Crippen LogP contribution in [0, 0.1) is 6.92 Å². The molecule has 0 atom stereocenters.